The van der Waals surface area contributed by atoms with Crippen molar-refractivity contribution in [2.75, 3.05) is 19.6 Å². The molecular weight excluding hydrogens is 366 g/mol. The van der Waals surface area contributed by atoms with Gasteiger partial charge in [-0.25, -0.2) is 4.79 Å². The molecule has 0 aromatic carbocycles. The van der Waals surface area contributed by atoms with Gasteiger partial charge in [-0.05, 0) is 44.6 Å². The molecule has 1 aliphatic rings. The van der Waals surface area contributed by atoms with Crippen molar-refractivity contribution in [2.24, 2.45) is 17.4 Å². The van der Waals surface area contributed by atoms with Gasteiger partial charge in [0.2, 0.25) is 17.7 Å². The van der Waals surface area contributed by atoms with E-state index in [0.717, 1.165) is 0 Å². The lowest BCUT2D eigenvalue weighted by atomic mass is 10.0. The first-order chi connectivity index (χ1) is 13.2. The number of rotatable bonds is 11. The van der Waals surface area contributed by atoms with E-state index >= 15 is 0 Å². The first kappa shape index (κ1) is 23.8. The van der Waals surface area contributed by atoms with Crippen molar-refractivity contribution in [3.63, 3.8) is 0 Å². The Morgan fingerprint density at radius 3 is 2.36 bits per heavy atom. The molecule has 10 heteroatoms. The van der Waals surface area contributed by atoms with Crippen LogP contribution in [-0.2, 0) is 19.2 Å². The molecule has 3 unspecified atom stereocenters. The SMILES string of the molecule is CC(C)C(NC(=O)CN)C(=O)NC(CCCCN)C(=O)N1CCCC1C(=O)O. The molecule has 3 atom stereocenters. The van der Waals surface area contributed by atoms with E-state index in [-0.39, 0.29) is 12.5 Å². The summed E-state index contributed by atoms with van der Waals surface area (Å²) in [6.45, 7) is 4.10. The van der Waals surface area contributed by atoms with E-state index in [0.29, 0.717) is 45.2 Å². The molecule has 160 valence electrons. The molecule has 0 aliphatic carbocycles. The molecule has 7 N–H and O–H groups in total. The molecule has 0 bridgehead atoms. The van der Waals surface area contributed by atoms with Gasteiger partial charge in [0.1, 0.15) is 18.1 Å². The van der Waals surface area contributed by atoms with Crippen LogP contribution >= 0.6 is 0 Å². The molecule has 1 fully saturated rings. The highest BCUT2D eigenvalue weighted by molar-refractivity contribution is 5.93. The van der Waals surface area contributed by atoms with Gasteiger partial charge in [0.15, 0.2) is 0 Å². The fourth-order valence-electron chi connectivity index (χ4n) is 3.27. The van der Waals surface area contributed by atoms with Gasteiger partial charge in [-0.1, -0.05) is 13.8 Å². The number of nitrogens with zero attached hydrogens (tertiary/aromatic N) is 1. The number of hydrogen-bond donors (Lipinski definition) is 5. The van der Waals surface area contributed by atoms with Gasteiger partial charge < -0.3 is 32.1 Å². The van der Waals surface area contributed by atoms with Crippen molar-refractivity contribution in [3.8, 4) is 0 Å². The molecule has 0 aromatic heterocycles. The molecular formula is C18H33N5O5. The third-order valence-corrected chi connectivity index (χ3v) is 4.83. The number of carboxylic acids is 1. The lowest BCUT2D eigenvalue weighted by molar-refractivity contribution is -0.149. The summed E-state index contributed by atoms with van der Waals surface area (Å²) < 4.78 is 0. The van der Waals surface area contributed by atoms with Crippen LogP contribution in [0.15, 0.2) is 0 Å². The van der Waals surface area contributed by atoms with Gasteiger partial charge >= 0.3 is 5.97 Å². The summed E-state index contributed by atoms with van der Waals surface area (Å²) in [7, 11) is 0. The van der Waals surface area contributed by atoms with Gasteiger partial charge in [0.05, 0.1) is 6.54 Å². The number of carbonyl (C=O) groups is 4. The van der Waals surface area contributed by atoms with E-state index in [9.17, 15) is 24.3 Å². The van der Waals surface area contributed by atoms with Crippen LogP contribution in [0.2, 0.25) is 0 Å². The number of carbonyl (C=O) groups excluding carboxylic acids is 3. The van der Waals surface area contributed by atoms with Crippen LogP contribution in [0, 0.1) is 5.92 Å². The molecule has 1 heterocycles. The third kappa shape index (κ3) is 6.75. The van der Waals surface area contributed by atoms with Gasteiger partial charge in [-0.3, -0.25) is 14.4 Å². The Labute approximate surface area is 165 Å². The highest BCUT2D eigenvalue weighted by Gasteiger charge is 2.38. The van der Waals surface area contributed by atoms with Crippen LogP contribution in [-0.4, -0.2) is 71.5 Å². The summed E-state index contributed by atoms with van der Waals surface area (Å²) in [4.78, 5) is 50.1. The van der Waals surface area contributed by atoms with Crippen LogP contribution in [0.4, 0.5) is 0 Å². The maximum Gasteiger partial charge on any atom is 0.326 e. The van der Waals surface area contributed by atoms with Crippen LogP contribution in [0.1, 0.15) is 46.0 Å². The quantitative estimate of drug-likeness (QED) is 0.271. The number of carboxylic acid groups (broad SMARTS) is 1. The third-order valence-electron chi connectivity index (χ3n) is 4.83. The summed E-state index contributed by atoms with van der Waals surface area (Å²) in [5.74, 6) is -2.63. The molecule has 28 heavy (non-hydrogen) atoms. The Morgan fingerprint density at radius 1 is 1.14 bits per heavy atom. The summed E-state index contributed by atoms with van der Waals surface area (Å²) in [5, 5.41) is 14.6. The predicted molar refractivity (Wildman–Crippen MR) is 103 cm³/mol. The smallest absolute Gasteiger partial charge is 0.326 e. The normalized spacial score (nSPS) is 18.6. The number of aliphatic carboxylic acids is 1. The summed E-state index contributed by atoms with van der Waals surface area (Å²) >= 11 is 0. The zero-order valence-corrected chi connectivity index (χ0v) is 16.6. The van der Waals surface area contributed by atoms with Crippen LogP contribution in [0.3, 0.4) is 0 Å². The number of amides is 3. The molecule has 0 spiro atoms. The highest BCUT2D eigenvalue weighted by Crippen LogP contribution is 2.20. The van der Waals surface area contributed by atoms with Crippen LogP contribution in [0.25, 0.3) is 0 Å². The Kier molecular flexibility index (Phi) is 9.88. The van der Waals surface area contributed by atoms with Crippen molar-refractivity contribution in [2.45, 2.75) is 64.1 Å². The largest absolute Gasteiger partial charge is 0.480 e. The average Bonchev–Trinajstić information content (AvgIpc) is 3.14. The average molecular weight is 399 g/mol. The summed E-state index contributed by atoms with van der Waals surface area (Å²) in [6.07, 6.45) is 2.64. The summed E-state index contributed by atoms with van der Waals surface area (Å²) in [6, 6.07) is -2.58. The standard InChI is InChI=1S/C18H33N5O5/c1-11(2)15(22-14(24)10-20)16(25)21-12(6-3-4-8-19)17(26)23-9-5-7-13(23)18(27)28/h11-13,15H,3-10,19-20H2,1-2H3,(H,21,25)(H,22,24)(H,27,28). The van der Waals surface area contributed by atoms with Crippen molar-refractivity contribution in [1.82, 2.24) is 15.5 Å². The second-order valence-corrected chi connectivity index (χ2v) is 7.37. The van der Waals surface area contributed by atoms with Gasteiger partial charge in [0, 0.05) is 6.54 Å². The minimum Gasteiger partial charge on any atom is -0.480 e. The highest BCUT2D eigenvalue weighted by atomic mass is 16.4. The summed E-state index contributed by atoms with van der Waals surface area (Å²) in [5.41, 5.74) is 10.8. The van der Waals surface area contributed by atoms with E-state index in [1.165, 1.54) is 4.90 Å². The molecule has 0 radical (unpaired) electrons. The second kappa shape index (κ2) is 11.6. The van der Waals surface area contributed by atoms with E-state index in [4.69, 9.17) is 11.5 Å². The van der Waals surface area contributed by atoms with E-state index in [1.54, 1.807) is 13.8 Å². The molecule has 0 aromatic rings. The maximum absolute atomic E-state index is 13.0. The first-order valence-electron chi connectivity index (χ1n) is 9.76. The van der Waals surface area contributed by atoms with Gasteiger partial charge in [-0.15, -0.1) is 0 Å². The molecule has 10 nitrogen and oxygen atoms in total. The first-order valence-corrected chi connectivity index (χ1v) is 9.76. The number of hydrogen-bond acceptors (Lipinski definition) is 6. The fourth-order valence-corrected chi connectivity index (χ4v) is 3.27. The molecule has 1 saturated heterocycles. The van der Waals surface area contributed by atoms with Crippen molar-refractivity contribution < 1.29 is 24.3 Å². The monoisotopic (exact) mass is 399 g/mol. The number of likely N-dealkylation sites (tertiary alicyclic amines) is 1. The number of nitrogens with two attached hydrogens (primary N) is 2. The zero-order valence-electron chi connectivity index (χ0n) is 16.6. The zero-order chi connectivity index (χ0) is 21.3. The second-order valence-electron chi connectivity index (χ2n) is 7.37. The molecule has 1 aliphatic heterocycles. The Bertz CT molecular complexity index is 569. The Morgan fingerprint density at radius 2 is 1.82 bits per heavy atom. The maximum atomic E-state index is 13.0. The van der Waals surface area contributed by atoms with E-state index in [1.807, 2.05) is 0 Å². The number of unbranched alkanes of at least 4 members (excludes halogenated alkanes) is 1. The number of nitrogens with one attached hydrogen (secondary N) is 2. The fraction of sp³-hybridized carbons (Fsp3) is 0.778. The molecule has 3 amide bonds. The topological polar surface area (TPSA) is 168 Å². The minimum absolute atomic E-state index is 0.214. The Balaban J connectivity index is 2.92. The molecule has 1 rings (SSSR count). The van der Waals surface area contributed by atoms with Gasteiger partial charge in [0.25, 0.3) is 0 Å². The van der Waals surface area contributed by atoms with E-state index in [2.05, 4.69) is 10.6 Å². The van der Waals surface area contributed by atoms with Crippen LogP contribution < -0.4 is 22.1 Å². The lowest BCUT2D eigenvalue weighted by Gasteiger charge is -2.29. The van der Waals surface area contributed by atoms with Crippen molar-refractivity contribution in [1.29, 1.82) is 0 Å². The lowest BCUT2D eigenvalue weighted by Crippen LogP contribution is -2.57. The van der Waals surface area contributed by atoms with Crippen molar-refractivity contribution in [3.05, 3.63) is 0 Å². The molecule has 0 saturated carbocycles. The van der Waals surface area contributed by atoms with E-state index < -0.39 is 41.8 Å². The van der Waals surface area contributed by atoms with Crippen LogP contribution in [0.5, 0.6) is 0 Å². The predicted octanol–water partition coefficient (Wildman–Crippen LogP) is -1.22. The van der Waals surface area contributed by atoms with Crippen molar-refractivity contribution >= 4 is 23.7 Å². The minimum atomic E-state index is -1.05. The Hall–Kier alpha value is -2.20. The van der Waals surface area contributed by atoms with Gasteiger partial charge in [-0.2, -0.15) is 0 Å².